The summed E-state index contributed by atoms with van der Waals surface area (Å²) in [6.07, 6.45) is 2.86. The van der Waals surface area contributed by atoms with Crippen LogP contribution in [0.25, 0.3) is 0 Å². The van der Waals surface area contributed by atoms with E-state index in [2.05, 4.69) is 5.32 Å². The van der Waals surface area contributed by atoms with Crippen molar-refractivity contribution < 1.29 is 34.1 Å². The summed E-state index contributed by atoms with van der Waals surface area (Å²) in [5, 5.41) is 34.4. The molecule has 2 saturated heterocycles. The summed E-state index contributed by atoms with van der Waals surface area (Å²) in [5.74, 6) is -1.55. The van der Waals surface area contributed by atoms with Crippen molar-refractivity contribution in [1.29, 1.82) is 0 Å². The van der Waals surface area contributed by atoms with Gasteiger partial charge in [-0.1, -0.05) is 18.8 Å². The number of likely N-dealkylation sites (tertiary alicyclic amines) is 1. The van der Waals surface area contributed by atoms with Crippen LogP contribution in [0.4, 0.5) is 0 Å². The number of ether oxygens (including phenoxy) is 1. The molecule has 3 aliphatic heterocycles. The third kappa shape index (κ3) is 3.67. The van der Waals surface area contributed by atoms with E-state index in [0.717, 1.165) is 25.8 Å². The summed E-state index contributed by atoms with van der Waals surface area (Å²) in [5.41, 5.74) is 0.228. The number of nitrogens with zero attached hydrogens (tertiary/aromatic N) is 1. The molecular formula is C18H23BN2O7-2. The van der Waals surface area contributed by atoms with Crippen molar-refractivity contribution in [3.8, 4) is 11.5 Å². The number of amides is 1. The van der Waals surface area contributed by atoms with Gasteiger partial charge in [-0.05, 0) is 37.4 Å². The largest absolute Gasteiger partial charge is 0.669 e. The Labute approximate surface area is 162 Å². The van der Waals surface area contributed by atoms with E-state index in [9.17, 15) is 24.7 Å². The van der Waals surface area contributed by atoms with Crippen LogP contribution in [-0.2, 0) is 11.2 Å². The highest BCUT2D eigenvalue weighted by atomic mass is 16.6. The van der Waals surface area contributed by atoms with Gasteiger partial charge in [-0.2, -0.15) is 0 Å². The molecule has 0 spiro atoms. The molecule has 9 nitrogen and oxygen atoms in total. The zero-order valence-corrected chi connectivity index (χ0v) is 15.4. The van der Waals surface area contributed by atoms with Gasteiger partial charge in [0, 0.05) is 0 Å². The fourth-order valence-electron chi connectivity index (χ4n) is 3.98. The van der Waals surface area contributed by atoms with Crippen LogP contribution in [0, 0.1) is 0 Å². The lowest BCUT2D eigenvalue weighted by atomic mass is 9.70. The number of carboxylic acid groups (broad SMARTS) is 1. The van der Waals surface area contributed by atoms with Gasteiger partial charge in [0.05, 0.1) is 36.4 Å². The standard InChI is InChI=1S/C18H24BN2O7/c22-17(13-3-1-2-8-20-13)21-9-12(10-21)27-14-5-4-11-6-7-19(25,26)28-16(11)15(14)18(23)24/h4-5,12-13,20,25-26H,1-3,6-10H2,(H,23,24)/q-1/p-1. The fraction of sp³-hybridized carbons (Fsp3) is 0.556. The van der Waals surface area contributed by atoms with E-state index in [0.29, 0.717) is 18.7 Å². The summed E-state index contributed by atoms with van der Waals surface area (Å²) in [4.78, 5) is 25.8. The van der Waals surface area contributed by atoms with Crippen molar-refractivity contribution >= 4 is 18.6 Å². The van der Waals surface area contributed by atoms with Crippen LogP contribution in [0.2, 0.25) is 6.32 Å². The summed E-state index contributed by atoms with van der Waals surface area (Å²) in [6.45, 7) is -1.52. The Morgan fingerprint density at radius 3 is 2.75 bits per heavy atom. The van der Waals surface area contributed by atoms with Gasteiger partial charge in [-0.25, -0.2) is 0 Å². The molecule has 0 aromatic heterocycles. The summed E-state index contributed by atoms with van der Waals surface area (Å²) >= 11 is 0. The lowest BCUT2D eigenvalue weighted by Crippen LogP contribution is -2.61. The average molecular weight is 390 g/mol. The number of aromatic carboxylic acids is 1. The van der Waals surface area contributed by atoms with E-state index >= 15 is 0 Å². The molecule has 0 aliphatic carbocycles. The summed E-state index contributed by atoms with van der Waals surface area (Å²) in [6, 6.07) is 3.01. The predicted octanol–water partition coefficient (Wildman–Crippen LogP) is -1.36. The minimum Gasteiger partial charge on any atom is -0.669 e. The van der Waals surface area contributed by atoms with Crippen molar-refractivity contribution in [1.82, 2.24) is 10.2 Å². The van der Waals surface area contributed by atoms with Crippen molar-refractivity contribution in [3.63, 3.8) is 0 Å². The lowest BCUT2D eigenvalue weighted by molar-refractivity contribution is -0.255. The number of rotatable bonds is 4. The molecule has 10 heteroatoms. The van der Waals surface area contributed by atoms with Gasteiger partial charge in [0.25, 0.3) is 0 Å². The van der Waals surface area contributed by atoms with Crippen LogP contribution < -0.4 is 19.8 Å². The smallest absolute Gasteiger partial charge is 0.430 e. The second kappa shape index (κ2) is 7.27. The number of fused-ring (bicyclic) bond motifs is 1. The Morgan fingerprint density at radius 1 is 1.29 bits per heavy atom. The monoisotopic (exact) mass is 390 g/mol. The van der Waals surface area contributed by atoms with Gasteiger partial charge in [-0.15, -0.1) is 0 Å². The maximum atomic E-state index is 12.4. The molecule has 1 unspecified atom stereocenters. The van der Waals surface area contributed by atoms with Gasteiger partial charge in [0.1, 0.15) is 11.9 Å². The maximum absolute atomic E-state index is 12.4. The number of piperidine rings is 1. The third-order valence-electron chi connectivity index (χ3n) is 5.56. The Kier molecular flexibility index (Phi) is 4.94. The molecule has 4 rings (SSSR count). The summed E-state index contributed by atoms with van der Waals surface area (Å²) in [7, 11) is 0. The fourth-order valence-corrected chi connectivity index (χ4v) is 3.98. The first-order chi connectivity index (χ1) is 13.3. The number of aryl methyl sites for hydroxylation is 1. The average Bonchev–Trinajstić information content (AvgIpc) is 2.63. The number of benzene rings is 1. The van der Waals surface area contributed by atoms with Gasteiger partial charge in [-0.3, -0.25) is 4.79 Å². The molecule has 3 aliphatic rings. The number of hydrogen-bond donors (Lipinski definition) is 3. The molecule has 0 saturated carbocycles. The molecule has 1 aromatic carbocycles. The molecular weight excluding hydrogens is 367 g/mol. The van der Waals surface area contributed by atoms with Crippen molar-refractivity contribution in [2.75, 3.05) is 19.6 Å². The number of carboxylic acids is 1. The molecule has 0 bridgehead atoms. The molecule has 3 N–H and O–H groups in total. The van der Waals surface area contributed by atoms with Crippen LogP contribution in [0.1, 0.15) is 35.2 Å². The Hall–Kier alpha value is -2.30. The minimum atomic E-state index is -3.10. The molecule has 152 valence electrons. The zero-order valence-electron chi connectivity index (χ0n) is 15.4. The quantitative estimate of drug-likeness (QED) is 0.538. The molecule has 28 heavy (non-hydrogen) atoms. The first kappa shape index (κ1) is 19.0. The van der Waals surface area contributed by atoms with Crippen LogP contribution >= 0.6 is 0 Å². The van der Waals surface area contributed by atoms with Gasteiger partial charge >= 0.3 is 6.75 Å². The third-order valence-corrected chi connectivity index (χ3v) is 5.56. The highest BCUT2D eigenvalue weighted by molar-refractivity contribution is 6.59. The number of nitrogens with one attached hydrogen (secondary N) is 1. The normalized spacial score (nSPS) is 23.9. The van der Waals surface area contributed by atoms with Crippen LogP contribution in [0.5, 0.6) is 11.5 Å². The number of carbonyl (C=O) groups excluding carboxylic acids is 2. The van der Waals surface area contributed by atoms with Crippen LogP contribution in [0.3, 0.4) is 0 Å². The SMILES string of the molecule is O=C([O-])c1c(OC2CN(C(=O)C3CCCCN3)C2)ccc2c1O[B-](O)(O)CC2. The Balaban J connectivity index is 1.45. The molecule has 0 radical (unpaired) electrons. The van der Waals surface area contributed by atoms with Gasteiger partial charge in [0.15, 0.2) is 0 Å². The molecule has 2 fully saturated rings. The molecule has 1 atom stereocenters. The first-order valence-electron chi connectivity index (χ1n) is 9.69. The minimum absolute atomic E-state index is 0.00537. The lowest BCUT2D eigenvalue weighted by Gasteiger charge is -2.42. The maximum Gasteiger partial charge on any atom is 0.430 e. The highest BCUT2D eigenvalue weighted by Gasteiger charge is 2.37. The number of hydrogen-bond acceptors (Lipinski definition) is 8. The van der Waals surface area contributed by atoms with E-state index in [4.69, 9.17) is 9.39 Å². The molecule has 3 heterocycles. The Bertz CT molecular complexity index is 788. The molecule has 1 amide bonds. The van der Waals surface area contributed by atoms with E-state index in [-0.39, 0.29) is 47.9 Å². The van der Waals surface area contributed by atoms with Crippen LogP contribution in [-0.4, -0.2) is 65.4 Å². The molecule has 1 aromatic rings. The van der Waals surface area contributed by atoms with E-state index in [1.165, 1.54) is 6.07 Å². The van der Waals surface area contributed by atoms with E-state index in [1.54, 1.807) is 11.0 Å². The first-order valence-corrected chi connectivity index (χ1v) is 9.69. The Morgan fingerprint density at radius 2 is 2.07 bits per heavy atom. The number of carbonyl (C=O) groups is 2. The van der Waals surface area contributed by atoms with Crippen molar-refractivity contribution in [3.05, 3.63) is 23.3 Å². The second-order valence-corrected chi connectivity index (χ2v) is 7.71. The van der Waals surface area contributed by atoms with Gasteiger partial charge < -0.3 is 39.6 Å². The zero-order chi connectivity index (χ0) is 19.9. The van der Waals surface area contributed by atoms with Gasteiger partial charge in [0.2, 0.25) is 5.91 Å². The van der Waals surface area contributed by atoms with Crippen molar-refractivity contribution in [2.24, 2.45) is 0 Å². The van der Waals surface area contributed by atoms with E-state index < -0.39 is 12.7 Å². The summed E-state index contributed by atoms with van der Waals surface area (Å²) < 4.78 is 10.9. The second-order valence-electron chi connectivity index (χ2n) is 7.71. The van der Waals surface area contributed by atoms with Crippen LogP contribution in [0.15, 0.2) is 12.1 Å². The topological polar surface area (TPSA) is 131 Å². The van der Waals surface area contributed by atoms with E-state index in [1.807, 2.05) is 0 Å². The van der Waals surface area contributed by atoms with Crippen molar-refractivity contribution in [2.45, 2.75) is 44.1 Å². The predicted molar refractivity (Wildman–Crippen MR) is 96.7 cm³/mol. The highest BCUT2D eigenvalue weighted by Crippen LogP contribution is 2.38.